The molecule has 1 unspecified atom stereocenters. The number of aliphatic hydroxyl groups is 1. The van der Waals surface area contributed by atoms with Gasteiger partial charge in [-0.3, -0.25) is 0 Å². The van der Waals surface area contributed by atoms with Crippen LogP contribution in [0.1, 0.15) is 12.0 Å². The largest absolute Gasteiger partial charge is 0.395 e. The molecule has 0 aliphatic rings. The number of hydrogen-bond acceptors (Lipinski definition) is 3. The lowest BCUT2D eigenvalue weighted by Gasteiger charge is -2.16. The van der Waals surface area contributed by atoms with E-state index in [4.69, 9.17) is 9.84 Å². The molecule has 2 N–H and O–H groups in total. The molecule has 0 spiro atoms. The third-order valence-electron chi connectivity index (χ3n) is 2.56. The van der Waals surface area contributed by atoms with Gasteiger partial charge in [0.15, 0.2) is 11.6 Å². The maximum Gasteiger partial charge on any atom is 0.161 e. The van der Waals surface area contributed by atoms with Crippen LogP contribution in [-0.4, -0.2) is 31.5 Å². The highest BCUT2D eigenvalue weighted by atomic mass is 19.2. The van der Waals surface area contributed by atoms with Gasteiger partial charge in [-0.25, -0.2) is 13.2 Å². The van der Waals surface area contributed by atoms with E-state index in [1.165, 1.54) is 7.11 Å². The van der Waals surface area contributed by atoms with Gasteiger partial charge in [-0.15, -0.1) is 0 Å². The summed E-state index contributed by atoms with van der Waals surface area (Å²) in [6, 6.07) is 1.04. The van der Waals surface area contributed by atoms with Crippen molar-refractivity contribution in [3.63, 3.8) is 0 Å². The highest BCUT2D eigenvalue weighted by molar-refractivity contribution is 5.20. The van der Waals surface area contributed by atoms with Gasteiger partial charge < -0.3 is 15.2 Å². The highest BCUT2D eigenvalue weighted by Crippen LogP contribution is 2.13. The van der Waals surface area contributed by atoms with Gasteiger partial charge in [0.05, 0.1) is 6.61 Å². The van der Waals surface area contributed by atoms with Crippen molar-refractivity contribution in [1.82, 2.24) is 5.32 Å². The number of nitrogens with one attached hydrogen (secondary N) is 1. The fourth-order valence-electron chi connectivity index (χ4n) is 1.47. The summed E-state index contributed by atoms with van der Waals surface area (Å²) in [4.78, 5) is 0. The van der Waals surface area contributed by atoms with Crippen LogP contribution in [0, 0.1) is 17.5 Å². The lowest BCUT2D eigenvalue weighted by molar-refractivity contribution is 0.159. The Labute approximate surface area is 104 Å². The Morgan fingerprint density at radius 1 is 1.22 bits per heavy atom. The molecule has 0 heterocycles. The average Bonchev–Trinajstić information content (AvgIpc) is 2.35. The van der Waals surface area contributed by atoms with Crippen molar-refractivity contribution in [3.8, 4) is 0 Å². The fraction of sp³-hybridized carbons (Fsp3) is 0.500. The molecule has 18 heavy (non-hydrogen) atoms. The molecule has 1 aromatic rings. The third kappa shape index (κ3) is 4.29. The van der Waals surface area contributed by atoms with Crippen molar-refractivity contribution in [2.75, 3.05) is 20.3 Å². The van der Waals surface area contributed by atoms with Crippen molar-refractivity contribution in [2.24, 2.45) is 0 Å². The number of ether oxygens (including phenoxy) is 1. The Balaban J connectivity index is 2.59. The van der Waals surface area contributed by atoms with Gasteiger partial charge in [0.1, 0.15) is 5.82 Å². The van der Waals surface area contributed by atoms with Gasteiger partial charge >= 0.3 is 0 Å². The Morgan fingerprint density at radius 3 is 2.50 bits per heavy atom. The Kier molecular flexibility index (Phi) is 6.11. The minimum atomic E-state index is -1.21. The van der Waals surface area contributed by atoms with Crippen molar-refractivity contribution in [1.29, 1.82) is 0 Å². The second-order valence-electron chi connectivity index (χ2n) is 3.90. The van der Waals surface area contributed by atoms with Gasteiger partial charge in [0, 0.05) is 37.9 Å². The summed E-state index contributed by atoms with van der Waals surface area (Å²) in [5.41, 5.74) is 0.0183. The quantitative estimate of drug-likeness (QED) is 0.734. The molecule has 102 valence electrons. The average molecular weight is 263 g/mol. The first-order valence-electron chi connectivity index (χ1n) is 5.55. The summed E-state index contributed by atoms with van der Waals surface area (Å²) in [6.45, 7) is 0.311. The van der Waals surface area contributed by atoms with Crippen LogP contribution in [-0.2, 0) is 11.3 Å². The molecule has 1 aromatic carbocycles. The van der Waals surface area contributed by atoms with Crippen molar-refractivity contribution < 1.29 is 23.0 Å². The SMILES string of the molecule is COCCC(CO)NCc1cc(F)c(F)cc1F. The summed E-state index contributed by atoms with van der Waals surface area (Å²) < 4.78 is 43.8. The maximum absolute atomic E-state index is 13.3. The van der Waals surface area contributed by atoms with Crippen molar-refractivity contribution in [3.05, 3.63) is 35.1 Å². The van der Waals surface area contributed by atoms with Gasteiger partial charge in [0.2, 0.25) is 0 Å². The molecule has 0 radical (unpaired) electrons. The van der Waals surface area contributed by atoms with Crippen LogP contribution in [0.5, 0.6) is 0 Å². The minimum Gasteiger partial charge on any atom is -0.395 e. The highest BCUT2D eigenvalue weighted by Gasteiger charge is 2.12. The second-order valence-corrected chi connectivity index (χ2v) is 3.90. The van der Waals surface area contributed by atoms with Crippen LogP contribution >= 0.6 is 0 Å². The summed E-state index contributed by atoms with van der Waals surface area (Å²) in [7, 11) is 1.53. The van der Waals surface area contributed by atoms with Gasteiger partial charge in [-0.2, -0.15) is 0 Å². The first kappa shape index (κ1) is 14.9. The molecular formula is C12H16F3NO2. The van der Waals surface area contributed by atoms with Crippen molar-refractivity contribution in [2.45, 2.75) is 19.0 Å². The molecule has 0 aliphatic heterocycles. The molecule has 0 amide bonds. The number of rotatable bonds is 7. The van der Waals surface area contributed by atoms with E-state index in [1.54, 1.807) is 0 Å². The molecular weight excluding hydrogens is 247 g/mol. The van der Waals surface area contributed by atoms with Gasteiger partial charge in [0.25, 0.3) is 0 Å². The van der Waals surface area contributed by atoms with Crippen LogP contribution in [0.2, 0.25) is 0 Å². The molecule has 0 aromatic heterocycles. The number of aliphatic hydroxyl groups excluding tert-OH is 1. The standard InChI is InChI=1S/C12H16F3NO2/c1-18-3-2-9(7-17)16-6-8-4-11(14)12(15)5-10(8)13/h4-5,9,16-17H,2-3,6-7H2,1H3. The zero-order valence-electron chi connectivity index (χ0n) is 10.0. The lowest BCUT2D eigenvalue weighted by Crippen LogP contribution is -2.33. The van der Waals surface area contributed by atoms with E-state index in [0.29, 0.717) is 19.1 Å². The molecule has 0 aliphatic carbocycles. The monoisotopic (exact) mass is 263 g/mol. The molecule has 1 rings (SSSR count). The topological polar surface area (TPSA) is 41.5 Å². The van der Waals surface area contributed by atoms with E-state index in [0.717, 1.165) is 6.07 Å². The Bertz CT molecular complexity index is 388. The van der Waals surface area contributed by atoms with E-state index in [-0.39, 0.29) is 24.8 Å². The molecule has 1 atom stereocenters. The van der Waals surface area contributed by atoms with E-state index < -0.39 is 17.5 Å². The van der Waals surface area contributed by atoms with E-state index >= 15 is 0 Å². The molecule has 0 bridgehead atoms. The smallest absolute Gasteiger partial charge is 0.161 e. The maximum atomic E-state index is 13.3. The normalized spacial score (nSPS) is 12.7. The first-order chi connectivity index (χ1) is 8.58. The van der Waals surface area contributed by atoms with Crippen LogP contribution in [0.3, 0.4) is 0 Å². The molecule has 0 saturated carbocycles. The Morgan fingerprint density at radius 2 is 1.89 bits per heavy atom. The first-order valence-corrected chi connectivity index (χ1v) is 5.55. The van der Waals surface area contributed by atoms with E-state index in [1.807, 2.05) is 0 Å². The molecule has 3 nitrogen and oxygen atoms in total. The number of hydrogen-bond donors (Lipinski definition) is 2. The van der Waals surface area contributed by atoms with Crippen LogP contribution < -0.4 is 5.32 Å². The lowest BCUT2D eigenvalue weighted by atomic mass is 10.1. The van der Waals surface area contributed by atoms with Crippen LogP contribution in [0.25, 0.3) is 0 Å². The summed E-state index contributed by atoms with van der Waals surface area (Å²) in [5.74, 6) is -3.12. The minimum absolute atomic E-state index is 0.0119. The number of methoxy groups -OCH3 is 1. The second kappa shape index (κ2) is 7.35. The molecule has 6 heteroatoms. The number of benzene rings is 1. The third-order valence-corrected chi connectivity index (χ3v) is 2.56. The summed E-state index contributed by atoms with van der Waals surface area (Å²) in [5, 5.41) is 11.9. The predicted molar refractivity (Wildman–Crippen MR) is 60.5 cm³/mol. The molecule has 0 fully saturated rings. The van der Waals surface area contributed by atoms with Gasteiger partial charge in [-0.1, -0.05) is 0 Å². The van der Waals surface area contributed by atoms with E-state index in [2.05, 4.69) is 5.32 Å². The summed E-state index contributed by atoms with van der Waals surface area (Å²) >= 11 is 0. The van der Waals surface area contributed by atoms with Gasteiger partial charge in [-0.05, 0) is 12.5 Å². The van der Waals surface area contributed by atoms with E-state index in [9.17, 15) is 13.2 Å². The fourth-order valence-corrected chi connectivity index (χ4v) is 1.47. The zero-order chi connectivity index (χ0) is 13.5. The summed E-state index contributed by atoms with van der Waals surface area (Å²) in [6.07, 6.45) is 0.540. The zero-order valence-corrected chi connectivity index (χ0v) is 10.0. The Hall–Kier alpha value is -1.11. The van der Waals surface area contributed by atoms with Crippen LogP contribution in [0.4, 0.5) is 13.2 Å². The number of halogens is 3. The predicted octanol–water partition coefficient (Wildman–Crippen LogP) is 1.59. The van der Waals surface area contributed by atoms with Crippen molar-refractivity contribution >= 4 is 0 Å². The molecule has 0 saturated heterocycles. The van der Waals surface area contributed by atoms with Crippen LogP contribution in [0.15, 0.2) is 12.1 Å².